The SMILES string of the molecule is COc1ccc(CC(=O)OCC(=O)NC(=O)NCC(F)(F)F)cc1F. The van der Waals surface area contributed by atoms with Crippen molar-refractivity contribution < 1.29 is 41.4 Å². The zero-order valence-corrected chi connectivity index (χ0v) is 12.9. The number of nitrogens with one attached hydrogen (secondary N) is 2. The number of esters is 1. The standard InChI is InChI=1S/C14H14F4N2O5/c1-24-10-3-2-8(4-9(10)15)5-12(22)25-6-11(21)20-13(23)19-7-14(16,17)18/h2-4H,5-7H2,1H3,(H2,19,20,21,23). The molecule has 25 heavy (non-hydrogen) atoms. The summed E-state index contributed by atoms with van der Waals surface area (Å²) in [5, 5.41) is 2.96. The summed E-state index contributed by atoms with van der Waals surface area (Å²) in [5.41, 5.74) is 0.256. The number of halogens is 4. The van der Waals surface area contributed by atoms with Crippen LogP contribution in [0.1, 0.15) is 5.56 Å². The van der Waals surface area contributed by atoms with Gasteiger partial charge >= 0.3 is 18.2 Å². The third kappa shape index (κ3) is 7.99. The second-order valence-corrected chi connectivity index (χ2v) is 4.65. The highest BCUT2D eigenvalue weighted by Crippen LogP contribution is 2.18. The third-order valence-electron chi connectivity index (χ3n) is 2.63. The van der Waals surface area contributed by atoms with E-state index >= 15 is 0 Å². The van der Waals surface area contributed by atoms with Gasteiger partial charge in [0.2, 0.25) is 0 Å². The lowest BCUT2D eigenvalue weighted by molar-refractivity contribution is -0.147. The van der Waals surface area contributed by atoms with Crippen LogP contribution in [-0.2, 0) is 20.7 Å². The lowest BCUT2D eigenvalue weighted by Gasteiger charge is -2.09. The van der Waals surface area contributed by atoms with Crippen LogP contribution in [0.15, 0.2) is 18.2 Å². The average molecular weight is 366 g/mol. The summed E-state index contributed by atoms with van der Waals surface area (Å²) < 4.78 is 58.3. The van der Waals surface area contributed by atoms with E-state index in [0.29, 0.717) is 0 Å². The molecule has 1 aromatic rings. The quantitative estimate of drug-likeness (QED) is 0.585. The molecule has 0 saturated carbocycles. The van der Waals surface area contributed by atoms with Gasteiger partial charge in [0.1, 0.15) is 6.54 Å². The topological polar surface area (TPSA) is 93.7 Å². The smallest absolute Gasteiger partial charge is 0.405 e. The van der Waals surface area contributed by atoms with Crippen LogP contribution in [0.2, 0.25) is 0 Å². The second kappa shape index (κ2) is 8.85. The molecule has 0 aliphatic heterocycles. The number of alkyl halides is 3. The number of methoxy groups -OCH3 is 1. The van der Waals surface area contributed by atoms with Gasteiger partial charge in [0.25, 0.3) is 5.91 Å². The Morgan fingerprint density at radius 1 is 1.20 bits per heavy atom. The predicted molar refractivity (Wildman–Crippen MR) is 75.2 cm³/mol. The Bertz CT molecular complexity index is 649. The Hall–Kier alpha value is -2.85. The second-order valence-electron chi connectivity index (χ2n) is 4.65. The van der Waals surface area contributed by atoms with E-state index < -0.39 is 43.1 Å². The van der Waals surface area contributed by atoms with Gasteiger partial charge in [-0.15, -0.1) is 0 Å². The molecule has 0 saturated heterocycles. The minimum absolute atomic E-state index is 0.0126. The minimum atomic E-state index is -4.62. The number of carbonyl (C=O) groups is 3. The van der Waals surface area contributed by atoms with E-state index in [1.807, 2.05) is 0 Å². The van der Waals surface area contributed by atoms with Crippen molar-refractivity contribution >= 4 is 17.9 Å². The summed E-state index contributed by atoms with van der Waals surface area (Å²) >= 11 is 0. The molecule has 0 fully saturated rings. The molecule has 0 bridgehead atoms. The number of hydrogen-bond donors (Lipinski definition) is 2. The van der Waals surface area contributed by atoms with Gasteiger partial charge in [0.15, 0.2) is 18.2 Å². The minimum Gasteiger partial charge on any atom is -0.494 e. The average Bonchev–Trinajstić information content (AvgIpc) is 2.50. The Kier molecular flexibility index (Phi) is 7.15. The fourth-order valence-corrected chi connectivity index (χ4v) is 1.57. The third-order valence-corrected chi connectivity index (χ3v) is 2.63. The lowest BCUT2D eigenvalue weighted by Crippen LogP contribution is -2.44. The maximum Gasteiger partial charge on any atom is 0.405 e. The van der Waals surface area contributed by atoms with Gasteiger partial charge in [0, 0.05) is 0 Å². The molecule has 1 rings (SSSR count). The van der Waals surface area contributed by atoms with Crippen LogP contribution in [0.4, 0.5) is 22.4 Å². The van der Waals surface area contributed by atoms with Crippen LogP contribution in [0.5, 0.6) is 5.75 Å². The summed E-state index contributed by atoms with van der Waals surface area (Å²) in [6.45, 7) is -2.49. The monoisotopic (exact) mass is 366 g/mol. The van der Waals surface area contributed by atoms with E-state index in [1.54, 1.807) is 5.32 Å². The van der Waals surface area contributed by atoms with E-state index in [1.165, 1.54) is 24.6 Å². The highest BCUT2D eigenvalue weighted by atomic mass is 19.4. The van der Waals surface area contributed by atoms with Crippen LogP contribution in [0.25, 0.3) is 0 Å². The molecule has 0 aliphatic rings. The molecule has 1 aromatic carbocycles. The molecule has 0 aromatic heterocycles. The zero-order valence-electron chi connectivity index (χ0n) is 12.9. The fourth-order valence-electron chi connectivity index (χ4n) is 1.57. The molecule has 0 heterocycles. The zero-order chi connectivity index (χ0) is 19.0. The first-order valence-electron chi connectivity index (χ1n) is 6.73. The first kappa shape index (κ1) is 20.2. The molecule has 0 radical (unpaired) electrons. The molecule has 0 unspecified atom stereocenters. The molecular formula is C14H14F4N2O5. The number of urea groups is 1. The predicted octanol–water partition coefficient (Wildman–Crippen LogP) is 1.31. The normalized spacial score (nSPS) is 10.8. The number of hydrogen-bond acceptors (Lipinski definition) is 5. The Morgan fingerprint density at radius 2 is 1.88 bits per heavy atom. The Balaban J connectivity index is 2.37. The van der Waals surface area contributed by atoms with Crippen LogP contribution < -0.4 is 15.4 Å². The van der Waals surface area contributed by atoms with Crippen molar-refractivity contribution in [3.05, 3.63) is 29.6 Å². The highest BCUT2D eigenvalue weighted by molar-refractivity contribution is 5.95. The van der Waals surface area contributed by atoms with Crippen molar-refractivity contribution in [3.8, 4) is 5.75 Å². The van der Waals surface area contributed by atoms with Gasteiger partial charge in [-0.3, -0.25) is 14.9 Å². The first-order chi connectivity index (χ1) is 11.6. The Labute approximate surface area is 139 Å². The molecule has 138 valence electrons. The summed E-state index contributed by atoms with van der Waals surface area (Å²) in [7, 11) is 1.27. The number of amides is 3. The summed E-state index contributed by atoms with van der Waals surface area (Å²) in [6, 6.07) is 2.38. The number of rotatable bonds is 6. The maximum absolute atomic E-state index is 13.4. The molecule has 11 heteroatoms. The largest absolute Gasteiger partial charge is 0.494 e. The van der Waals surface area contributed by atoms with Crippen molar-refractivity contribution in [1.29, 1.82) is 0 Å². The summed E-state index contributed by atoms with van der Waals surface area (Å²) in [5.74, 6) is -2.71. The lowest BCUT2D eigenvalue weighted by atomic mass is 10.1. The van der Waals surface area contributed by atoms with Gasteiger partial charge < -0.3 is 14.8 Å². The number of imide groups is 1. The van der Waals surface area contributed by atoms with E-state index in [-0.39, 0.29) is 17.7 Å². The van der Waals surface area contributed by atoms with Gasteiger partial charge in [0.05, 0.1) is 13.5 Å². The van der Waals surface area contributed by atoms with Crippen LogP contribution in [-0.4, -0.2) is 44.3 Å². The maximum atomic E-state index is 13.4. The van der Waals surface area contributed by atoms with Gasteiger partial charge in [-0.05, 0) is 17.7 Å². The fraction of sp³-hybridized carbons (Fsp3) is 0.357. The van der Waals surface area contributed by atoms with Crippen molar-refractivity contribution in [3.63, 3.8) is 0 Å². The molecule has 0 aliphatic carbocycles. The highest BCUT2D eigenvalue weighted by Gasteiger charge is 2.28. The van der Waals surface area contributed by atoms with Gasteiger partial charge in [-0.25, -0.2) is 9.18 Å². The van der Waals surface area contributed by atoms with Crippen molar-refractivity contribution in [2.45, 2.75) is 12.6 Å². The molecule has 3 amide bonds. The molecule has 7 nitrogen and oxygen atoms in total. The molecule has 0 atom stereocenters. The van der Waals surface area contributed by atoms with Crippen LogP contribution in [0.3, 0.4) is 0 Å². The van der Waals surface area contributed by atoms with Gasteiger partial charge in [-0.1, -0.05) is 6.07 Å². The molecule has 0 spiro atoms. The first-order valence-corrected chi connectivity index (χ1v) is 6.73. The van der Waals surface area contributed by atoms with Crippen molar-refractivity contribution in [1.82, 2.24) is 10.6 Å². The van der Waals surface area contributed by atoms with E-state index in [2.05, 4.69) is 4.74 Å². The number of carbonyl (C=O) groups excluding carboxylic acids is 3. The van der Waals surface area contributed by atoms with E-state index in [0.717, 1.165) is 6.07 Å². The van der Waals surface area contributed by atoms with E-state index in [4.69, 9.17) is 4.74 Å². The van der Waals surface area contributed by atoms with Gasteiger partial charge in [-0.2, -0.15) is 13.2 Å². The van der Waals surface area contributed by atoms with Crippen LogP contribution >= 0.6 is 0 Å². The van der Waals surface area contributed by atoms with Crippen molar-refractivity contribution in [2.75, 3.05) is 20.3 Å². The van der Waals surface area contributed by atoms with Crippen LogP contribution in [0, 0.1) is 5.82 Å². The number of benzene rings is 1. The molecular weight excluding hydrogens is 352 g/mol. The van der Waals surface area contributed by atoms with E-state index in [9.17, 15) is 31.9 Å². The summed E-state index contributed by atoms with van der Waals surface area (Å²) in [6.07, 6.45) is -4.98. The molecule has 2 N–H and O–H groups in total. The van der Waals surface area contributed by atoms with Crippen molar-refractivity contribution in [2.24, 2.45) is 0 Å². The Morgan fingerprint density at radius 3 is 2.44 bits per heavy atom. The number of ether oxygens (including phenoxy) is 2. The summed E-state index contributed by atoms with van der Waals surface area (Å²) in [4.78, 5) is 33.8.